The van der Waals surface area contributed by atoms with Crippen LogP contribution in [0.25, 0.3) is 11.1 Å². The van der Waals surface area contributed by atoms with Crippen LogP contribution in [0, 0.1) is 5.92 Å². The van der Waals surface area contributed by atoms with E-state index in [4.69, 9.17) is 17.8 Å². The van der Waals surface area contributed by atoms with Gasteiger partial charge in [0, 0.05) is 5.56 Å². The van der Waals surface area contributed by atoms with Gasteiger partial charge in [0.1, 0.15) is 16.0 Å². The Kier molecular flexibility index (Phi) is 6.54. The van der Waals surface area contributed by atoms with E-state index in [9.17, 15) is 16.8 Å². The first-order valence-electron chi connectivity index (χ1n) is 8.89. The Bertz CT molecular complexity index is 1140. The summed E-state index contributed by atoms with van der Waals surface area (Å²) in [6.45, 7) is 0.418. The van der Waals surface area contributed by atoms with E-state index in [0.29, 0.717) is 33.9 Å². The highest BCUT2D eigenvalue weighted by molar-refractivity contribution is 9.10. The Balaban J connectivity index is 2.11. The molecule has 1 aliphatic rings. The van der Waals surface area contributed by atoms with Crippen LogP contribution in [0.15, 0.2) is 34.8 Å². The average molecular weight is 521 g/mol. The molecule has 30 heavy (non-hydrogen) atoms. The molecule has 0 bridgehead atoms. The van der Waals surface area contributed by atoms with Crippen LogP contribution in [0.2, 0.25) is 0 Å². The summed E-state index contributed by atoms with van der Waals surface area (Å²) in [6.07, 6.45) is 4.00. The van der Waals surface area contributed by atoms with Gasteiger partial charge in [-0.25, -0.2) is 0 Å². The fraction of sp³-hybridized carbons (Fsp3) is 0.368. The molecule has 0 radical (unpaired) electrons. The van der Waals surface area contributed by atoms with E-state index in [1.165, 1.54) is 19.2 Å². The lowest BCUT2D eigenvalue weighted by atomic mass is 10.0. The Hall–Kier alpha value is -1.98. The van der Waals surface area contributed by atoms with Crippen molar-refractivity contribution in [1.29, 1.82) is 0 Å². The van der Waals surface area contributed by atoms with Gasteiger partial charge in [-0.1, -0.05) is 12.1 Å². The SMILES string of the molecule is COc1cc(-c2ccc(OS(C)(=O)=O)cc2)c(OCC2CC2)c(OS(C)(=O)=O)c1Br. The Morgan fingerprint density at radius 3 is 2.07 bits per heavy atom. The largest absolute Gasteiger partial charge is 0.495 e. The number of halogens is 1. The summed E-state index contributed by atoms with van der Waals surface area (Å²) in [5.74, 6) is 1.15. The number of benzene rings is 2. The van der Waals surface area contributed by atoms with Gasteiger partial charge in [-0.3, -0.25) is 0 Å². The van der Waals surface area contributed by atoms with E-state index in [1.807, 2.05) is 0 Å². The van der Waals surface area contributed by atoms with E-state index >= 15 is 0 Å². The second kappa shape index (κ2) is 8.64. The van der Waals surface area contributed by atoms with Gasteiger partial charge in [0.05, 0.1) is 26.2 Å². The molecule has 0 heterocycles. The van der Waals surface area contributed by atoms with Crippen LogP contribution in [0.3, 0.4) is 0 Å². The van der Waals surface area contributed by atoms with E-state index in [-0.39, 0.29) is 17.2 Å². The van der Waals surface area contributed by atoms with E-state index in [1.54, 1.807) is 18.2 Å². The van der Waals surface area contributed by atoms with Crippen LogP contribution in [-0.4, -0.2) is 43.1 Å². The molecule has 2 aromatic carbocycles. The summed E-state index contributed by atoms with van der Waals surface area (Å²) in [7, 11) is -6.06. The Labute approximate surface area is 184 Å². The molecule has 2 aromatic rings. The fourth-order valence-electron chi connectivity index (χ4n) is 2.68. The van der Waals surface area contributed by atoms with Crippen LogP contribution < -0.4 is 17.8 Å². The molecule has 1 saturated carbocycles. The van der Waals surface area contributed by atoms with Crippen molar-refractivity contribution in [3.05, 3.63) is 34.8 Å². The number of rotatable bonds is 9. The molecule has 11 heteroatoms. The van der Waals surface area contributed by atoms with Crippen molar-refractivity contribution in [3.63, 3.8) is 0 Å². The maximum atomic E-state index is 11.9. The molecular weight excluding hydrogens is 500 g/mol. The maximum absolute atomic E-state index is 11.9. The van der Waals surface area contributed by atoms with Crippen molar-refractivity contribution in [3.8, 4) is 34.1 Å². The van der Waals surface area contributed by atoms with Gasteiger partial charge in [0.2, 0.25) is 5.75 Å². The highest BCUT2D eigenvalue weighted by atomic mass is 79.9. The summed E-state index contributed by atoms with van der Waals surface area (Å²) in [5.41, 5.74) is 1.16. The van der Waals surface area contributed by atoms with Gasteiger partial charge < -0.3 is 17.8 Å². The van der Waals surface area contributed by atoms with Crippen molar-refractivity contribution in [1.82, 2.24) is 0 Å². The zero-order valence-corrected chi connectivity index (χ0v) is 19.8. The summed E-state index contributed by atoms with van der Waals surface area (Å²) >= 11 is 3.34. The lowest BCUT2D eigenvalue weighted by Gasteiger charge is -2.19. The molecule has 0 amide bonds. The van der Waals surface area contributed by atoms with Crippen molar-refractivity contribution in [2.45, 2.75) is 12.8 Å². The molecule has 8 nitrogen and oxygen atoms in total. The smallest absolute Gasteiger partial charge is 0.306 e. The monoisotopic (exact) mass is 520 g/mol. The van der Waals surface area contributed by atoms with Gasteiger partial charge in [-0.2, -0.15) is 16.8 Å². The van der Waals surface area contributed by atoms with Crippen LogP contribution in [-0.2, 0) is 20.2 Å². The topological polar surface area (TPSA) is 105 Å². The first kappa shape index (κ1) is 22.7. The third-order valence-electron chi connectivity index (χ3n) is 4.17. The summed E-state index contributed by atoms with van der Waals surface area (Å²) in [4.78, 5) is 0. The number of ether oxygens (including phenoxy) is 2. The lowest BCUT2D eigenvalue weighted by Crippen LogP contribution is -2.10. The van der Waals surface area contributed by atoms with Crippen molar-refractivity contribution in [2.24, 2.45) is 5.92 Å². The first-order valence-corrected chi connectivity index (χ1v) is 13.3. The molecule has 1 fully saturated rings. The minimum atomic E-state index is -3.85. The van der Waals surface area contributed by atoms with Gasteiger partial charge in [-0.05, 0) is 58.5 Å². The molecule has 0 saturated heterocycles. The zero-order chi connectivity index (χ0) is 22.1. The summed E-state index contributed by atoms with van der Waals surface area (Å²) in [6, 6.07) is 7.95. The van der Waals surface area contributed by atoms with E-state index in [0.717, 1.165) is 25.4 Å². The normalized spacial score (nSPS) is 14.3. The van der Waals surface area contributed by atoms with Crippen molar-refractivity contribution in [2.75, 3.05) is 26.2 Å². The minimum Gasteiger partial charge on any atom is -0.495 e. The molecule has 164 valence electrons. The van der Waals surface area contributed by atoms with Gasteiger partial charge in [-0.15, -0.1) is 0 Å². The van der Waals surface area contributed by atoms with Crippen LogP contribution in [0.4, 0.5) is 0 Å². The molecular formula is C19H21BrO8S2. The zero-order valence-electron chi connectivity index (χ0n) is 16.5. The molecule has 1 aliphatic carbocycles. The van der Waals surface area contributed by atoms with Gasteiger partial charge >= 0.3 is 20.2 Å². The molecule has 0 aromatic heterocycles. The minimum absolute atomic E-state index is 0.0102. The predicted octanol–water partition coefficient (Wildman–Crippen LogP) is 3.59. The highest BCUT2D eigenvalue weighted by Gasteiger charge is 2.27. The van der Waals surface area contributed by atoms with E-state index < -0.39 is 20.2 Å². The Morgan fingerprint density at radius 2 is 1.57 bits per heavy atom. The molecule has 0 atom stereocenters. The van der Waals surface area contributed by atoms with Crippen LogP contribution in [0.1, 0.15) is 12.8 Å². The third-order valence-corrected chi connectivity index (χ3v) is 5.89. The summed E-state index contributed by atoms with van der Waals surface area (Å²) in [5, 5.41) is 0. The standard InChI is InChI=1S/C19H21BrO8S2/c1-25-16-10-15(13-6-8-14(9-7-13)27-29(2,21)22)18(26-11-12-4-5-12)19(17(16)20)28-30(3,23)24/h6-10,12H,4-5,11H2,1-3H3. The highest BCUT2D eigenvalue weighted by Crippen LogP contribution is 2.49. The van der Waals surface area contributed by atoms with Gasteiger partial charge in [0.25, 0.3) is 0 Å². The fourth-order valence-corrected chi connectivity index (χ4v) is 4.24. The third kappa shape index (κ3) is 6.02. The maximum Gasteiger partial charge on any atom is 0.306 e. The molecule has 0 spiro atoms. The second-order valence-electron chi connectivity index (χ2n) is 6.95. The molecule has 0 unspecified atom stereocenters. The molecule has 3 rings (SSSR count). The average Bonchev–Trinajstić information content (AvgIpc) is 3.45. The van der Waals surface area contributed by atoms with Crippen molar-refractivity contribution < 1.29 is 34.7 Å². The lowest BCUT2D eigenvalue weighted by molar-refractivity contribution is 0.291. The number of methoxy groups -OCH3 is 1. The van der Waals surface area contributed by atoms with Crippen LogP contribution in [0.5, 0.6) is 23.0 Å². The number of hydrogen-bond donors (Lipinski definition) is 0. The summed E-state index contributed by atoms with van der Waals surface area (Å²) < 4.78 is 68.1. The van der Waals surface area contributed by atoms with Crippen LogP contribution >= 0.6 is 15.9 Å². The quantitative estimate of drug-likeness (QED) is 0.461. The number of hydrogen-bond acceptors (Lipinski definition) is 8. The van der Waals surface area contributed by atoms with Gasteiger partial charge in [0.15, 0.2) is 5.75 Å². The Morgan fingerprint density at radius 1 is 0.967 bits per heavy atom. The first-order chi connectivity index (χ1) is 14.0. The molecule has 0 N–H and O–H groups in total. The molecule has 0 aliphatic heterocycles. The van der Waals surface area contributed by atoms with Crippen molar-refractivity contribution >= 4 is 36.2 Å². The second-order valence-corrected chi connectivity index (χ2v) is 10.9. The predicted molar refractivity (Wildman–Crippen MR) is 115 cm³/mol. The van der Waals surface area contributed by atoms with E-state index in [2.05, 4.69) is 15.9 Å².